The summed E-state index contributed by atoms with van der Waals surface area (Å²) in [5.41, 5.74) is 0.960. The normalized spacial score (nSPS) is 13.3. The molecule has 0 aromatic heterocycles. The van der Waals surface area contributed by atoms with Crippen LogP contribution in [0.4, 0.5) is 0 Å². The Morgan fingerprint density at radius 3 is 2.30 bits per heavy atom. The molecule has 0 saturated carbocycles. The van der Waals surface area contributed by atoms with Crippen molar-refractivity contribution in [1.82, 2.24) is 10.2 Å². The Labute approximate surface area is 144 Å². The predicted molar refractivity (Wildman–Crippen MR) is 94.3 cm³/mol. The standard InChI is InChI=1S/C18H27ClN2O2/c1-5-7-17(22)21(12-15-8-10-16(19)11-9-15)14(4)18(23)20-13(3)6-2/h8-11,13-14H,5-7,12H2,1-4H3,(H,20,23)/t13-,14+/m1/s1. The van der Waals surface area contributed by atoms with E-state index in [9.17, 15) is 9.59 Å². The van der Waals surface area contributed by atoms with Crippen LogP contribution < -0.4 is 5.32 Å². The van der Waals surface area contributed by atoms with Crippen LogP contribution in [-0.2, 0) is 16.1 Å². The fraction of sp³-hybridized carbons (Fsp3) is 0.556. The van der Waals surface area contributed by atoms with E-state index in [1.165, 1.54) is 0 Å². The average molecular weight is 339 g/mol. The minimum Gasteiger partial charge on any atom is -0.352 e. The van der Waals surface area contributed by atoms with Crippen LogP contribution in [0.2, 0.25) is 5.02 Å². The summed E-state index contributed by atoms with van der Waals surface area (Å²) in [6.07, 6.45) is 2.06. The summed E-state index contributed by atoms with van der Waals surface area (Å²) in [6.45, 7) is 8.12. The van der Waals surface area contributed by atoms with E-state index in [2.05, 4.69) is 5.32 Å². The number of amides is 2. The lowest BCUT2D eigenvalue weighted by molar-refractivity contribution is -0.140. The second kappa shape index (κ2) is 9.56. The van der Waals surface area contributed by atoms with Gasteiger partial charge in [0.2, 0.25) is 11.8 Å². The number of rotatable bonds is 8. The largest absolute Gasteiger partial charge is 0.352 e. The van der Waals surface area contributed by atoms with Gasteiger partial charge < -0.3 is 10.2 Å². The summed E-state index contributed by atoms with van der Waals surface area (Å²) in [4.78, 5) is 26.5. The molecule has 2 amide bonds. The Morgan fingerprint density at radius 1 is 1.17 bits per heavy atom. The molecule has 1 aromatic rings. The zero-order valence-corrected chi connectivity index (χ0v) is 15.2. The second-order valence-corrected chi connectivity index (χ2v) is 6.33. The number of nitrogens with zero attached hydrogens (tertiary/aromatic N) is 1. The van der Waals surface area contributed by atoms with Crippen molar-refractivity contribution < 1.29 is 9.59 Å². The monoisotopic (exact) mass is 338 g/mol. The Morgan fingerprint density at radius 2 is 1.78 bits per heavy atom. The van der Waals surface area contributed by atoms with E-state index in [1.807, 2.05) is 32.9 Å². The summed E-state index contributed by atoms with van der Waals surface area (Å²) in [6, 6.07) is 6.95. The van der Waals surface area contributed by atoms with Gasteiger partial charge in [-0.25, -0.2) is 0 Å². The molecule has 2 atom stereocenters. The highest BCUT2D eigenvalue weighted by Gasteiger charge is 2.26. The van der Waals surface area contributed by atoms with Gasteiger partial charge in [0.15, 0.2) is 0 Å². The number of nitrogens with one attached hydrogen (secondary N) is 1. The molecule has 1 aromatic carbocycles. The maximum absolute atomic E-state index is 12.4. The van der Waals surface area contributed by atoms with E-state index in [-0.39, 0.29) is 17.9 Å². The summed E-state index contributed by atoms with van der Waals surface area (Å²) < 4.78 is 0. The minimum absolute atomic E-state index is 0.00532. The van der Waals surface area contributed by atoms with Crippen LogP contribution in [0.5, 0.6) is 0 Å². The maximum Gasteiger partial charge on any atom is 0.242 e. The average Bonchev–Trinajstić information content (AvgIpc) is 2.53. The number of benzene rings is 1. The lowest BCUT2D eigenvalue weighted by atomic mass is 10.1. The molecule has 1 N–H and O–H groups in total. The van der Waals surface area contributed by atoms with Crippen molar-refractivity contribution in [2.45, 2.75) is 65.6 Å². The number of carbonyl (C=O) groups excluding carboxylic acids is 2. The summed E-state index contributed by atoms with van der Waals surface area (Å²) >= 11 is 5.90. The number of halogens is 1. The fourth-order valence-electron chi connectivity index (χ4n) is 2.19. The van der Waals surface area contributed by atoms with Crippen molar-refractivity contribution >= 4 is 23.4 Å². The number of hydrogen-bond donors (Lipinski definition) is 1. The Bertz CT molecular complexity index is 516. The van der Waals surface area contributed by atoms with Gasteiger partial charge in [-0.15, -0.1) is 0 Å². The molecule has 128 valence electrons. The highest BCUT2D eigenvalue weighted by molar-refractivity contribution is 6.30. The first kappa shape index (κ1) is 19.5. The van der Waals surface area contributed by atoms with Crippen LogP contribution in [0.3, 0.4) is 0 Å². The van der Waals surface area contributed by atoms with Crippen LogP contribution >= 0.6 is 11.6 Å². The van der Waals surface area contributed by atoms with Gasteiger partial charge in [0.05, 0.1) is 0 Å². The van der Waals surface area contributed by atoms with E-state index >= 15 is 0 Å². The van der Waals surface area contributed by atoms with Gasteiger partial charge in [0.25, 0.3) is 0 Å². The number of hydrogen-bond acceptors (Lipinski definition) is 2. The summed E-state index contributed by atoms with van der Waals surface area (Å²) in [7, 11) is 0. The van der Waals surface area contributed by atoms with Gasteiger partial charge >= 0.3 is 0 Å². The molecule has 0 aliphatic heterocycles. The number of carbonyl (C=O) groups is 2. The Balaban J connectivity index is 2.88. The SMILES string of the molecule is CCCC(=O)N(Cc1ccc(Cl)cc1)[C@@H](C)C(=O)N[C@H](C)CC. The van der Waals surface area contributed by atoms with Crippen molar-refractivity contribution in [3.63, 3.8) is 0 Å². The maximum atomic E-state index is 12.4. The molecule has 0 fully saturated rings. The van der Waals surface area contributed by atoms with Gasteiger partial charge in [-0.3, -0.25) is 9.59 Å². The minimum atomic E-state index is -0.501. The molecule has 5 heteroatoms. The molecule has 0 spiro atoms. The van der Waals surface area contributed by atoms with Gasteiger partial charge in [-0.1, -0.05) is 37.6 Å². The van der Waals surface area contributed by atoms with Crippen LogP contribution in [0.1, 0.15) is 52.5 Å². The van der Waals surface area contributed by atoms with Crippen molar-refractivity contribution in [3.8, 4) is 0 Å². The van der Waals surface area contributed by atoms with Gasteiger partial charge in [0.1, 0.15) is 6.04 Å². The van der Waals surface area contributed by atoms with Crippen molar-refractivity contribution in [2.24, 2.45) is 0 Å². The molecule has 0 radical (unpaired) electrons. The first-order valence-corrected chi connectivity index (χ1v) is 8.61. The third-order valence-corrected chi connectivity index (χ3v) is 4.15. The zero-order valence-electron chi connectivity index (χ0n) is 14.4. The van der Waals surface area contributed by atoms with E-state index in [0.29, 0.717) is 18.0 Å². The molecule has 0 saturated heterocycles. The van der Waals surface area contributed by atoms with Crippen molar-refractivity contribution in [1.29, 1.82) is 0 Å². The first-order chi connectivity index (χ1) is 10.9. The molecule has 0 unspecified atom stereocenters. The molecular weight excluding hydrogens is 312 g/mol. The van der Waals surface area contributed by atoms with Gasteiger partial charge in [-0.05, 0) is 44.4 Å². The molecule has 0 aliphatic rings. The molecule has 1 rings (SSSR count). The lowest BCUT2D eigenvalue weighted by Gasteiger charge is -2.29. The van der Waals surface area contributed by atoms with Gasteiger partial charge in [0, 0.05) is 24.0 Å². The molecule has 0 bridgehead atoms. The second-order valence-electron chi connectivity index (χ2n) is 5.89. The fourth-order valence-corrected chi connectivity index (χ4v) is 2.32. The highest BCUT2D eigenvalue weighted by Crippen LogP contribution is 2.15. The van der Waals surface area contributed by atoms with Crippen LogP contribution in [0.25, 0.3) is 0 Å². The van der Waals surface area contributed by atoms with Crippen LogP contribution in [-0.4, -0.2) is 28.8 Å². The third-order valence-electron chi connectivity index (χ3n) is 3.90. The molecule has 4 nitrogen and oxygen atoms in total. The molecule has 0 heterocycles. The third kappa shape index (κ3) is 6.22. The van der Waals surface area contributed by atoms with Crippen LogP contribution in [0, 0.1) is 0 Å². The van der Waals surface area contributed by atoms with E-state index in [4.69, 9.17) is 11.6 Å². The van der Waals surface area contributed by atoms with Gasteiger partial charge in [-0.2, -0.15) is 0 Å². The smallest absolute Gasteiger partial charge is 0.242 e. The molecule has 0 aliphatic carbocycles. The Kier molecular flexibility index (Phi) is 8.10. The molecule has 23 heavy (non-hydrogen) atoms. The first-order valence-electron chi connectivity index (χ1n) is 8.23. The zero-order chi connectivity index (χ0) is 17.4. The van der Waals surface area contributed by atoms with Crippen LogP contribution in [0.15, 0.2) is 24.3 Å². The van der Waals surface area contributed by atoms with E-state index < -0.39 is 6.04 Å². The molecular formula is C18H27ClN2O2. The van der Waals surface area contributed by atoms with E-state index in [0.717, 1.165) is 18.4 Å². The lowest BCUT2D eigenvalue weighted by Crippen LogP contribution is -2.49. The summed E-state index contributed by atoms with van der Waals surface area (Å²) in [5, 5.41) is 3.60. The predicted octanol–water partition coefficient (Wildman–Crippen LogP) is 3.77. The topological polar surface area (TPSA) is 49.4 Å². The van der Waals surface area contributed by atoms with Crippen molar-refractivity contribution in [3.05, 3.63) is 34.9 Å². The quantitative estimate of drug-likeness (QED) is 0.784. The van der Waals surface area contributed by atoms with Crippen molar-refractivity contribution in [2.75, 3.05) is 0 Å². The highest BCUT2D eigenvalue weighted by atomic mass is 35.5. The summed E-state index contributed by atoms with van der Waals surface area (Å²) in [5.74, 6) is -0.119. The Hall–Kier alpha value is -1.55. The van der Waals surface area contributed by atoms with E-state index in [1.54, 1.807) is 24.0 Å².